The highest BCUT2D eigenvalue weighted by atomic mass is 16.4. The van der Waals surface area contributed by atoms with Crippen LogP contribution in [0.5, 0.6) is 0 Å². The van der Waals surface area contributed by atoms with E-state index in [0.29, 0.717) is 12.0 Å². The van der Waals surface area contributed by atoms with Crippen LogP contribution in [0.3, 0.4) is 0 Å². The molecule has 22 heavy (non-hydrogen) atoms. The highest BCUT2D eigenvalue weighted by molar-refractivity contribution is 5.94. The SMILES string of the molecule is Cc1ccc(-c2ccc3c(c2)C=C(C(=O)O)CCN3C)cc1. The van der Waals surface area contributed by atoms with Crippen LogP contribution in [0.1, 0.15) is 17.5 Å². The van der Waals surface area contributed by atoms with Crippen molar-refractivity contribution in [1.82, 2.24) is 0 Å². The summed E-state index contributed by atoms with van der Waals surface area (Å²) in [7, 11) is 2.00. The molecule has 0 radical (unpaired) electrons. The molecule has 2 aromatic carbocycles. The maximum absolute atomic E-state index is 11.3. The summed E-state index contributed by atoms with van der Waals surface area (Å²) in [6.45, 7) is 2.78. The largest absolute Gasteiger partial charge is 0.478 e. The Labute approximate surface area is 130 Å². The normalized spacial score (nSPS) is 14.1. The number of carboxylic acid groups (broad SMARTS) is 1. The fourth-order valence-electron chi connectivity index (χ4n) is 2.78. The number of aryl methyl sites for hydroxylation is 1. The van der Waals surface area contributed by atoms with Gasteiger partial charge in [-0.3, -0.25) is 0 Å². The van der Waals surface area contributed by atoms with Crippen molar-refractivity contribution in [3.05, 3.63) is 59.2 Å². The molecule has 112 valence electrons. The van der Waals surface area contributed by atoms with Gasteiger partial charge in [0.25, 0.3) is 0 Å². The number of hydrogen-bond donors (Lipinski definition) is 1. The van der Waals surface area contributed by atoms with Crippen molar-refractivity contribution in [3.63, 3.8) is 0 Å². The van der Waals surface area contributed by atoms with Gasteiger partial charge in [0, 0.05) is 24.9 Å². The molecule has 0 spiro atoms. The molecular weight excluding hydrogens is 274 g/mol. The molecule has 1 heterocycles. The summed E-state index contributed by atoms with van der Waals surface area (Å²) in [6.07, 6.45) is 2.36. The topological polar surface area (TPSA) is 40.5 Å². The Morgan fingerprint density at radius 3 is 2.45 bits per heavy atom. The van der Waals surface area contributed by atoms with Crippen LogP contribution in [0.2, 0.25) is 0 Å². The molecule has 0 aliphatic carbocycles. The van der Waals surface area contributed by atoms with E-state index in [9.17, 15) is 9.90 Å². The molecule has 0 saturated carbocycles. The zero-order valence-corrected chi connectivity index (χ0v) is 12.8. The molecule has 3 rings (SSSR count). The Morgan fingerprint density at radius 1 is 1.09 bits per heavy atom. The monoisotopic (exact) mass is 293 g/mol. The van der Waals surface area contributed by atoms with E-state index >= 15 is 0 Å². The van der Waals surface area contributed by atoms with Crippen molar-refractivity contribution < 1.29 is 9.90 Å². The Hall–Kier alpha value is -2.55. The molecule has 1 aliphatic rings. The van der Waals surface area contributed by atoms with Gasteiger partial charge in [-0.2, -0.15) is 0 Å². The van der Waals surface area contributed by atoms with Crippen LogP contribution in [0.4, 0.5) is 5.69 Å². The van der Waals surface area contributed by atoms with Crippen molar-refractivity contribution in [2.24, 2.45) is 0 Å². The van der Waals surface area contributed by atoms with Crippen LogP contribution in [0.25, 0.3) is 17.2 Å². The van der Waals surface area contributed by atoms with Crippen LogP contribution >= 0.6 is 0 Å². The zero-order chi connectivity index (χ0) is 15.7. The van der Waals surface area contributed by atoms with E-state index in [1.165, 1.54) is 5.56 Å². The Bertz CT molecular complexity index is 745. The average Bonchev–Trinajstić information content (AvgIpc) is 2.67. The number of hydrogen-bond acceptors (Lipinski definition) is 2. The van der Waals surface area contributed by atoms with Crippen molar-refractivity contribution >= 4 is 17.7 Å². The van der Waals surface area contributed by atoms with E-state index in [-0.39, 0.29) is 0 Å². The second-order valence-electron chi connectivity index (χ2n) is 5.79. The summed E-state index contributed by atoms with van der Waals surface area (Å²) in [5.41, 5.74) is 5.99. The number of fused-ring (bicyclic) bond motifs is 1. The Balaban J connectivity index is 2.09. The van der Waals surface area contributed by atoms with Gasteiger partial charge in [-0.15, -0.1) is 0 Å². The van der Waals surface area contributed by atoms with Crippen molar-refractivity contribution in [1.29, 1.82) is 0 Å². The molecule has 0 aromatic heterocycles. The minimum absolute atomic E-state index is 0.464. The zero-order valence-electron chi connectivity index (χ0n) is 12.8. The molecule has 2 aromatic rings. The predicted molar refractivity (Wildman–Crippen MR) is 90.1 cm³/mol. The standard InChI is InChI=1S/C19H19NO2/c1-13-3-5-14(6-4-13)15-7-8-18-17(11-15)12-16(19(21)22)9-10-20(18)2/h3-8,11-12H,9-10H2,1-2H3,(H,21,22). The first-order chi connectivity index (χ1) is 10.5. The highest BCUT2D eigenvalue weighted by Gasteiger charge is 2.17. The highest BCUT2D eigenvalue weighted by Crippen LogP contribution is 2.31. The first-order valence-corrected chi connectivity index (χ1v) is 7.41. The third-order valence-electron chi connectivity index (χ3n) is 4.14. The van der Waals surface area contributed by atoms with Gasteiger partial charge in [-0.1, -0.05) is 35.9 Å². The van der Waals surface area contributed by atoms with Crippen LogP contribution in [0, 0.1) is 6.92 Å². The molecule has 0 saturated heterocycles. The number of carbonyl (C=O) groups is 1. The quantitative estimate of drug-likeness (QED) is 0.910. The number of benzene rings is 2. The lowest BCUT2D eigenvalue weighted by atomic mass is 9.99. The van der Waals surface area contributed by atoms with Gasteiger partial charge < -0.3 is 10.0 Å². The number of aliphatic carboxylic acids is 1. The molecule has 0 fully saturated rings. The summed E-state index contributed by atoms with van der Waals surface area (Å²) < 4.78 is 0. The molecule has 0 unspecified atom stereocenters. The molecule has 3 nitrogen and oxygen atoms in total. The Kier molecular flexibility index (Phi) is 3.72. The summed E-state index contributed by atoms with van der Waals surface area (Å²) in [5.74, 6) is -0.831. The molecular formula is C19H19NO2. The van der Waals surface area contributed by atoms with Crippen LogP contribution in [-0.2, 0) is 4.79 Å². The van der Waals surface area contributed by atoms with Gasteiger partial charge in [-0.05, 0) is 48.2 Å². The maximum atomic E-state index is 11.3. The summed E-state index contributed by atoms with van der Waals surface area (Å²) >= 11 is 0. The third-order valence-corrected chi connectivity index (χ3v) is 4.14. The third kappa shape index (κ3) is 2.75. The summed E-state index contributed by atoms with van der Waals surface area (Å²) in [6, 6.07) is 14.6. The fourth-order valence-corrected chi connectivity index (χ4v) is 2.78. The van der Waals surface area contributed by atoms with Gasteiger partial charge >= 0.3 is 5.97 Å². The van der Waals surface area contributed by atoms with E-state index in [2.05, 4.69) is 54.3 Å². The van der Waals surface area contributed by atoms with Gasteiger partial charge in [0.2, 0.25) is 0 Å². The average molecular weight is 293 g/mol. The molecule has 3 heteroatoms. The number of rotatable bonds is 2. The van der Waals surface area contributed by atoms with Crippen molar-refractivity contribution in [3.8, 4) is 11.1 Å². The fraction of sp³-hybridized carbons (Fsp3) is 0.211. The second-order valence-corrected chi connectivity index (χ2v) is 5.79. The first kappa shape index (κ1) is 14.4. The summed E-state index contributed by atoms with van der Waals surface area (Å²) in [4.78, 5) is 13.4. The van der Waals surface area contributed by atoms with Crippen LogP contribution in [0.15, 0.2) is 48.0 Å². The van der Waals surface area contributed by atoms with Gasteiger partial charge in [0.05, 0.1) is 0 Å². The molecule has 0 amide bonds. The van der Waals surface area contributed by atoms with E-state index in [0.717, 1.165) is 28.9 Å². The van der Waals surface area contributed by atoms with Crippen molar-refractivity contribution in [2.45, 2.75) is 13.3 Å². The van der Waals surface area contributed by atoms with Gasteiger partial charge in [0.1, 0.15) is 0 Å². The minimum atomic E-state index is -0.831. The number of carboxylic acids is 1. The maximum Gasteiger partial charge on any atom is 0.331 e. The van der Waals surface area contributed by atoms with Crippen LogP contribution < -0.4 is 4.90 Å². The smallest absolute Gasteiger partial charge is 0.331 e. The molecule has 1 N–H and O–H groups in total. The lowest BCUT2D eigenvalue weighted by Gasteiger charge is -2.19. The van der Waals surface area contributed by atoms with Crippen molar-refractivity contribution in [2.75, 3.05) is 18.5 Å². The van der Waals surface area contributed by atoms with E-state index in [1.807, 2.05) is 7.05 Å². The van der Waals surface area contributed by atoms with Gasteiger partial charge in [-0.25, -0.2) is 4.79 Å². The van der Waals surface area contributed by atoms with Crippen LogP contribution in [-0.4, -0.2) is 24.7 Å². The Morgan fingerprint density at radius 2 is 1.77 bits per heavy atom. The first-order valence-electron chi connectivity index (χ1n) is 7.41. The summed E-state index contributed by atoms with van der Waals surface area (Å²) in [5, 5.41) is 9.31. The molecule has 0 atom stereocenters. The number of nitrogens with zero attached hydrogens (tertiary/aromatic N) is 1. The lowest BCUT2D eigenvalue weighted by Crippen LogP contribution is -2.19. The second kappa shape index (κ2) is 5.68. The molecule has 1 aliphatic heterocycles. The van der Waals surface area contributed by atoms with E-state index < -0.39 is 5.97 Å². The van der Waals surface area contributed by atoms with E-state index in [4.69, 9.17) is 0 Å². The van der Waals surface area contributed by atoms with Gasteiger partial charge in [0.15, 0.2) is 0 Å². The number of anilines is 1. The van der Waals surface area contributed by atoms with E-state index in [1.54, 1.807) is 6.08 Å². The molecule has 0 bridgehead atoms. The minimum Gasteiger partial charge on any atom is -0.478 e. The predicted octanol–water partition coefficient (Wildman–Crippen LogP) is 3.97. The lowest BCUT2D eigenvalue weighted by molar-refractivity contribution is -0.132.